The molecule has 112 valence electrons. The van der Waals surface area contributed by atoms with E-state index in [-0.39, 0.29) is 11.8 Å². The number of nitrogens with zero attached hydrogens (tertiary/aromatic N) is 2. The summed E-state index contributed by atoms with van der Waals surface area (Å²) in [6, 6.07) is 8.16. The Balaban J connectivity index is 1.85. The summed E-state index contributed by atoms with van der Waals surface area (Å²) in [5, 5.41) is 3.34. The molecule has 1 atom stereocenters. The van der Waals surface area contributed by atoms with E-state index in [2.05, 4.69) is 27.9 Å². The van der Waals surface area contributed by atoms with Crippen LogP contribution in [0.25, 0.3) is 11.0 Å². The van der Waals surface area contributed by atoms with E-state index < -0.39 is 0 Å². The van der Waals surface area contributed by atoms with Crippen LogP contribution in [0.15, 0.2) is 24.3 Å². The standard InChI is InChI=1S/C17H23N3O/c1-2-11-20-15-9-4-3-7-13(15)19-17(20)12-16(21)14-8-5-6-10-18-14/h3-4,7,9,14,18H,2,5-6,8,10-12H2,1H3. The van der Waals surface area contributed by atoms with E-state index in [1.807, 2.05) is 18.2 Å². The van der Waals surface area contributed by atoms with Gasteiger partial charge in [-0.05, 0) is 37.9 Å². The van der Waals surface area contributed by atoms with E-state index in [0.717, 1.165) is 49.2 Å². The van der Waals surface area contributed by atoms with Gasteiger partial charge in [-0.3, -0.25) is 4.79 Å². The van der Waals surface area contributed by atoms with Crippen LogP contribution in [-0.4, -0.2) is 27.9 Å². The number of ketones is 1. The number of carbonyl (C=O) groups is 1. The molecular weight excluding hydrogens is 262 g/mol. The molecule has 1 aliphatic heterocycles. The maximum Gasteiger partial charge on any atom is 0.157 e. The molecular formula is C17H23N3O. The summed E-state index contributed by atoms with van der Waals surface area (Å²) in [4.78, 5) is 17.2. The SMILES string of the molecule is CCCn1c(CC(=O)C2CCCCN2)nc2ccccc21. The number of imidazole rings is 1. The average Bonchev–Trinajstić information content (AvgIpc) is 2.86. The van der Waals surface area contributed by atoms with Gasteiger partial charge in [0.15, 0.2) is 5.78 Å². The van der Waals surface area contributed by atoms with Gasteiger partial charge in [-0.25, -0.2) is 4.98 Å². The molecule has 0 radical (unpaired) electrons. The van der Waals surface area contributed by atoms with Gasteiger partial charge in [0, 0.05) is 6.54 Å². The summed E-state index contributed by atoms with van der Waals surface area (Å²) in [6.45, 7) is 4.03. The number of piperidine rings is 1. The highest BCUT2D eigenvalue weighted by molar-refractivity contribution is 5.86. The first-order valence-electron chi connectivity index (χ1n) is 8.00. The Labute approximate surface area is 125 Å². The number of fused-ring (bicyclic) bond motifs is 1. The van der Waals surface area contributed by atoms with Gasteiger partial charge in [0.05, 0.1) is 23.5 Å². The number of aromatic nitrogens is 2. The summed E-state index contributed by atoms with van der Waals surface area (Å²) in [5.74, 6) is 1.19. The van der Waals surface area contributed by atoms with Crippen LogP contribution in [0.2, 0.25) is 0 Å². The highest BCUT2D eigenvalue weighted by Crippen LogP contribution is 2.18. The average molecular weight is 285 g/mol. The summed E-state index contributed by atoms with van der Waals surface area (Å²) in [7, 11) is 0. The lowest BCUT2D eigenvalue weighted by Crippen LogP contribution is -2.41. The third-order valence-electron chi connectivity index (χ3n) is 4.21. The number of carbonyl (C=O) groups excluding carboxylic acids is 1. The van der Waals surface area contributed by atoms with Gasteiger partial charge in [0.2, 0.25) is 0 Å². The Kier molecular flexibility index (Phi) is 4.34. The predicted molar refractivity (Wildman–Crippen MR) is 84.4 cm³/mol. The number of Topliss-reactive ketones (excluding diaryl/α,β-unsaturated/α-hetero) is 1. The molecule has 0 saturated carbocycles. The van der Waals surface area contributed by atoms with Crippen molar-refractivity contribution in [1.82, 2.24) is 14.9 Å². The van der Waals surface area contributed by atoms with E-state index in [4.69, 9.17) is 0 Å². The smallest absolute Gasteiger partial charge is 0.157 e. The Bertz CT molecular complexity index is 626. The molecule has 3 rings (SSSR count). The van der Waals surface area contributed by atoms with Crippen LogP contribution in [0.1, 0.15) is 38.4 Å². The molecule has 0 aliphatic carbocycles. The van der Waals surface area contributed by atoms with Gasteiger partial charge < -0.3 is 9.88 Å². The quantitative estimate of drug-likeness (QED) is 0.919. The highest BCUT2D eigenvalue weighted by atomic mass is 16.1. The van der Waals surface area contributed by atoms with E-state index in [9.17, 15) is 4.79 Å². The van der Waals surface area contributed by atoms with Crippen molar-refractivity contribution < 1.29 is 4.79 Å². The second kappa shape index (κ2) is 6.39. The van der Waals surface area contributed by atoms with Crippen LogP contribution in [0.3, 0.4) is 0 Å². The molecule has 1 aliphatic rings. The number of aryl methyl sites for hydroxylation is 1. The second-order valence-corrected chi connectivity index (χ2v) is 5.81. The minimum absolute atomic E-state index is 0.0219. The lowest BCUT2D eigenvalue weighted by atomic mass is 9.99. The fourth-order valence-electron chi connectivity index (χ4n) is 3.14. The summed E-state index contributed by atoms with van der Waals surface area (Å²) in [5.41, 5.74) is 2.13. The zero-order chi connectivity index (χ0) is 14.7. The van der Waals surface area contributed by atoms with Crippen LogP contribution in [-0.2, 0) is 17.8 Å². The third-order valence-corrected chi connectivity index (χ3v) is 4.21. The van der Waals surface area contributed by atoms with Crippen molar-refractivity contribution >= 4 is 16.8 Å². The molecule has 21 heavy (non-hydrogen) atoms. The molecule has 2 heterocycles. The summed E-state index contributed by atoms with van der Waals surface area (Å²) < 4.78 is 2.20. The second-order valence-electron chi connectivity index (χ2n) is 5.81. The number of benzene rings is 1. The van der Waals surface area contributed by atoms with Gasteiger partial charge in [-0.2, -0.15) is 0 Å². The molecule has 1 aromatic carbocycles. The van der Waals surface area contributed by atoms with Crippen molar-refractivity contribution in [3.05, 3.63) is 30.1 Å². The normalized spacial score (nSPS) is 19.0. The molecule has 1 aromatic heterocycles. The minimum atomic E-state index is 0.0219. The van der Waals surface area contributed by atoms with Crippen LogP contribution in [0.5, 0.6) is 0 Å². The van der Waals surface area contributed by atoms with Gasteiger partial charge >= 0.3 is 0 Å². The van der Waals surface area contributed by atoms with Crippen molar-refractivity contribution in [3.63, 3.8) is 0 Å². The number of para-hydroxylation sites is 2. The highest BCUT2D eigenvalue weighted by Gasteiger charge is 2.22. The number of rotatable bonds is 5. The minimum Gasteiger partial charge on any atom is -0.328 e. The monoisotopic (exact) mass is 285 g/mol. The number of nitrogens with one attached hydrogen (secondary N) is 1. The molecule has 4 nitrogen and oxygen atoms in total. The van der Waals surface area contributed by atoms with Crippen LogP contribution in [0.4, 0.5) is 0 Å². The molecule has 0 bridgehead atoms. The van der Waals surface area contributed by atoms with Crippen molar-refractivity contribution in [2.24, 2.45) is 0 Å². The van der Waals surface area contributed by atoms with Gasteiger partial charge in [0.1, 0.15) is 5.82 Å². The van der Waals surface area contributed by atoms with Crippen LogP contribution >= 0.6 is 0 Å². The van der Waals surface area contributed by atoms with E-state index >= 15 is 0 Å². The van der Waals surface area contributed by atoms with E-state index in [1.54, 1.807) is 0 Å². The molecule has 1 fully saturated rings. The zero-order valence-electron chi connectivity index (χ0n) is 12.6. The van der Waals surface area contributed by atoms with Crippen molar-refractivity contribution in [1.29, 1.82) is 0 Å². The van der Waals surface area contributed by atoms with Gasteiger partial charge in [0.25, 0.3) is 0 Å². The first kappa shape index (κ1) is 14.3. The first-order valence-corrected chi connectivity index (χ1v) is 8.00. The maximum atomic E-state index is 12.5. The Morgan fingerprint density at radius 1 is 1.38 bits per heavy atom. The lowest BCUT2D eigenvalue weighted by molar-refractivity contribution is -0.121. The fourth-order valence-corrected chi connectivity index (χ4v) is 3.14. The Morgan fingerprint density at radius 3 is 3.00 bits per heavy atom. The first-order chi connectivity index (χ1) is 10.3. The molecule has 1 saturated heterocycles. The van der Waals surface area contributed by atoms with Crippen molar-refractivity contribution in [2.75, 3.05) is 6.54 Å². The van der Waals surface area contributed by atoms with Crippen LogP contribution in [0, 0.1) is 0 Å². The van der Waals surface area contributed by atoms with Gasteiger partial charge in [-0.15, -0.1) is 0 Å². The molecule has 1 N–H and O–H groups in total. The fraction of sp³-hybridized carbons (Fsp3) is 0.529. The Hall–Kier alpha value is -1.68. The third kappa shape index (κ3) is 3.00. The Morgan fingerprint density at radius 2 is 2.24 bits per heavy atom. The number of hydrogen-bond donors (Lipinski definition) is 1. The van der Waals surface area contributed by atoms with Crippen molar-refractivity contribution in [2.45, 2.75) is 51.6 Å². The lowest BCUT2D eigenvalue weighted by Gasteiger charge is -2.22. The van der Waals surface area contributed by atoms with E-state index in [0.29, 0.717) is 6.42 Å². The predicted octanol–water partition coefficient (Wildman–Crippen LogP) is 2.70. The van der Waals surface area contributed by atoms with Crippen molar-refractivity contribution in [3.8, 4) is 0 Å². The molecule has 0 amide bonds. The topological polar surface area (TPSA) is 46.9 Å². The van der Waals surface area contributed by atoms with E-state index in [1.165, 1.54) is 6.42 Å². The molecule has 1 unspecified atom stereocenters. The molecule has 0 spiro atoms. The summed E-state index contributed by atoms with van der Waals surface area (Å²) in [6.07, 6.45) is 4.77. The zero-order valence-corrected chi connectivity index (χ0v) is 12.6. The maximum absolute atomic E-state index is 12.5. The largest absolute Gasteiger partial charge is 0.328 e. The molecule has 4 heteroatoms. The van der Waals surface area contributed by atoms with Crippen LogP contribution < -0.4 is 5.32 Å². The summed E-state index contributed by atoms with van der Waals surface area (Å²) >= 11 is 0. The molecule has 2 aromatic rings. The van der Waals surface area contributed by atoms with Gasteiger partial charge in [-0.1, -0.05) is 25.5 Å². The number of hydrogen-bond acceptors (Lipinski definition) is 3.